The van der Waals surface area contributed by atoms with Gasteiger partial charge in [-0.25, -0.2) is 4.98 Å². The Morgan fingerprint density at radius 2 is 1.61 bits per heavy atom. The zero-order valence-corrected chi connectivity index (χ0v) is 20.1. The van der Waals surface area contributed by atoms with Gasteiger partial charge in [0.1, 0.15) is 4.70 Å². The van der Waals surface area contributed by atoms with E-state index in [0.29, 0.717) is 31.8 Å². The summed E-state index contributed by atoms with van der Waals surface area (Å²) < 4.78 is 4.95. The molecule has 0 atom stereocenters. The van der Waals surface area contributed by atoms with Crippen molar-refractivity contribution in [3.05, 3.63) is 111 Å². The summed E-state index contributed by atoms with van der Waals surface area (Å²) in [6.07, 6.45) is 4.37. The predicted molar refractivity (Wildman–Crippen MR) is 138 cm³/mol. The summed E-state index contributed by atoms with van der Waals surface area (Å²) in [6.45, 7) is 0.680. The molecule has 0 unspecified atom stereocenters. The summed E-state index contributed by atoms with van der Waals surface area (Å²) in [7, 11) is 0. The molecule has 5 nitrogen and oxygen atoms in total. The molecular weight excluding hydrogens is 469 g/mol. The fourth-order valence-electron chi connectivity index (χ4n) is 3.59. The molecule has 3 aromatic heterocycles. The van der Waals surface area contributed by atoms with E-state index in [1.54, 1.807) is 17.0 Å². The lowest BCUT2D eigenvalue weighted by atomic mass is 10.1. The van der Waals surface area contributed by atoms with Gasteiger partial charge >= 0.3 is 0 Å². The molecule has 33 heavy (non-hydrogen) atoms. The summed E-state index contributed by atoms with van der Waals surface area (Å²) in [4.78, 5) is 22.7. The van der Waals surface area contributed by atoms with Crippen molar-refractivity contribution >= 4 is 45.7 Å². The average molecular weight is 489 g/mol. The molecule has 0 spiro atoms. The highest BCUT2D eigenvalue weighted by Gasteiger charge is 2.18. The Kier molecular flexibility index (Phi) is 6.48. The highest BCUT2D eigenvalue weighted by molar-refractivity contribution is 7.98. The first kappa shape index (κ1) is 21.8. The SMILES string of the molecule is O=c1c2sc(=S)n(CCc3ccccc3)c2nc(SCc2ccncc2)n1-c1ccccc1. The number of thioether (sulfide) groups is 1. The number of para-hydroxylation sites is 1. The first-order valence-electron chi connectivity index (χ1n) is 10.5. The van der Waals surface area contributed by atoms with E-state index in [1.807, 2.05) is 65.2 Å². The number of fused-ring (bicyclic) bond motifs is 1. The number of hydrogen-bond donors (Lipinski definition) is 0. The third-order valence-electron chi connectivity index (χ3n) is 5.26. The molecule has 0 N–H and O–H groups in total. The van der Waals surface area contributed by atoms with Crippen molar-refractivity contribution in [3.8, 4) is 5.69 Å². The van der Waals surface area contributed by atoms with E-state index < -0.39 is 0 Å². The summed E-state index contributed by atoms with van der Waals surface area (Å²) in [5.41, 5.74) is 3.72. The summed E-state index contributed by atoms with van der Waals surface area (Å²) in [6, 6.07) is 23.9. The van der Waals surface area contributed by atoms with Crippen LogP contribution in [0.2, 0.25) is 0 Å². The van der Waals surface area contributed by atoms with Gasteiger partial charge in [0.15, 0.2) is 14.8 Å². The lowest BCUT2D eigenvalue weighted by Gasteiger charge is -2.13. The van der Waals surface area contributed by atoms with Gasteiger partial charge in [-0.15, -0.1) is 0 Å². The number of nitrogens with zero attached hydrogens (tertiary/aromatic N) is 4. The van der Waals surface area contributed by atoms with Gasteiger partial charge in [-0.3, -0.25) is 14.3 Å². The van der Waals surface area contributed by atoms with E-state index in [1.165, 1.54) is 28.7 Å². The number of pyridine rings is 1. The molecular formula is C25H20N4OS3. The highest BCUT2D eigenvalue weighted by atomic mass is 32.2. The largest absolute Gasteiger partial charge is 0.307 e. The summed E-state index contributed by atoms with van der Waals surface area (Å²) in [5.74, 6) is 0.683. The number of aryl methyl sites for hydroxylation is 2. The molecule has 0 aliphatic rings. The maximum absolute atomic E-state index is 13.7. The molecule has 0 bridgehead atoms. The fourth-order valence-corrected chi connectivity index (χ4v) is 5.86. The second-order valence-corrected chi connectivity index (χ2v) is 10.0. The second-order valence-electron chi connectivity index (χ2n) is 7.42. The average Bonchev–Trinajstić information content (AvgIpc) is 3.18. The highest BCUT2D eigenvalue weighted by Crippen LogP contribution is 2.27. The zero-order valence-electron chi connectivity index (χ0n) is 17.6. The maximum Gasteiger partial charge on any atom is 0.278 e. The van der Waals surface area contributed by atoms with Crippen molar-refractivity contribution in [2.24, 2.45) is 0 Å². The number of rotatable bonds is 7. The normalized spacial score (nSPS) is 11.2. The van der Waals surface area contributed by atoms with Crippen LogP contribution in [-0.4, -0.2) is 19.1 Å². The van der Waals surface area contributed by atoms with Crippen LogP contribution in [0.15, 0.2) is 95.1 Å². The third kappa shape index (κ3) is 4.68. The van der Waals surface area contributed by atoms with Crippen LogP contribution in [0.1, 0.15) is 11.1 Å². The molecule has 0 amide bonds. The molecule has 0 fully saturated rings. The van der Waals surface area contributed by atoms with E-state index in [0.717, 1.165) is 17.7 Å². The number of thiazole rings is 1. The predicted octanol–water partition coefficient (Wildman–Crippen LogP) is 5.91. The Morgan fingerprint density at radius 3 is 2.33 bits per heavy atom. The second kappa shape index (κ2) is 9.82. The molecule has 0 radical (unpaired) electrons. The van der Waals surface area contributed by atoms with E-state index >= 15 is 0 Å². The van der Waals surface area contributed by atoms with Gasteiger partial charge in [0.2, 0.25) is 0 Å². The Bertz CT molecular complexity index is 1490. The Balaban J connectivity index is 1.60. The van der Waals surface area contributed by atoms with Crippen LogP contribution >= 0.6 is 35.3 Å². The van der Waals surface area contributed by atoms with Crippen molar-refractivity contribution in [2.75, 3.05) is 0 Å². The van der Waals surface area contributed by atoms with E-state index in [-0.39, 0.29) is 5.56 Å². The standard InChI is InChI=1S/C25H20N4OS3/c30-23-21-22(28(25(31)33-21)16-13-18-7-3-1-4-8-18)27-24(29(23)20-9-5-2-6-10-20)32-17-19-11-14-26-15-12-19/h1-12,14-15H,13,16-17H2. The van der Waals surface area contributed by atoms with Gasteiger partial charge in [0.05, 0.1) is 5.69 Å². The van der Waals surface area contributed by atoms with Gasteiger partial charge in [0, 0.05) is 24.7 Å². The minimum Gasteiger partial charge on any atom is -0.307 e. The number of aromatic nitrogens is 4. The molecule has 0 aliphatic carbocycles. The van der Waals surface area contributed by atoms with Crippen LogP contribution in [0.5, 0.6) is 0 Å². The van der Waals surface area contributed by atoms with Gasteiger partial charge < -0.3 is 4.57 Å². The van der Waals surface area contributed by atoms with Gasteiger partial charge in [-0.2, -0.15) is 0 Å². The molecule has 3 heterocycles. The molecule has 0 aliphatic heterocycles. The van der Waals surface area contributed by atoms with Crippen molar-refractivity contribution in [1.82, 2.24) is 19.1 Å². The smallest absolute Gasteiger partial charge is 0.278 e. The Morgan fingerprint density at radius 1 is 0.909 bits per heavy atom. The van der Waals surface area contributed by atoms with Crippen molar-refractivity contribution < 1.29 is 0 Å². The molecule has 164 valence electrons. The lowest BCUT2D eigenvalue weighted by molar-refractivity contribution is 0.701. The van der Waals surface area contributed by atoms with Crippen LogP contribution in [0, 0.1) is 3.95 Å². The molecule has 5 aromatic rings. The van der Waals surface area contributed by atoms with E-state index in [9.17, 15) is 4.79 Å². The summed E-state index contributed by atoms with van der Waals surface area (Å²) in [5, 5.41) is 0.650. The van der Waals surface area contributed by atoms with Crippen molar-refractivity contribution in [1.29, 1.82) is 0 Å². The van der Waals surface area contributed by atoms with Gasteiger partial charge in [-0.05, 0) is 54.0 Å². The lowest BCUT2D eigenvalue weighted by Crippen LogP contribution is -2.21. The van der Waals surface area contributed by atoms with Gasteiger partial charge in [-0.1, -0.05) is 71.6 Å². The van der Waals surface area contributed by atoms with E-state index in [4.69, 9.17) is 17.2 Å². The van der Waals surface area contributed by atoms with Crippen LogP contribution < -0.4 is 5.56 Å². The molecule has 5 rings (SSSR count). The molecule has 0 saturated carbocycles. The van der Waals surface area contributed by atoms with Crippen LogP contribution in [0.25, 0.3) is 16.0 Å². The monoisotopic (exact) mass is 488 g/mol. The molecule has 2 aromatic carbocycles. The topological polar surface area (TPSA) is 52.7 Å². The van der Waals surface area contributed by atoms with E-state index in [2.05, 4.69) is 17.1 Å². The summed E-state index contributed by atoms with van der Waals surface area (Å²) >= 11 is 8.53. The number of hydrogen-bond acceptors (Lipinski definition) is 6. The van der Waals surface area contributed by atoms with Crippen molar-refractivity contribution in [2.45, 2.75) is 23.9 Å². The minimum atomic E-state index is -0.0852. The first-order valence-corrected chi connectivity index (χ1v) is 12.7. The van der Waals surface area contributed by atoms with Crippen LogP contribution in [0.4, 0.5) is 0 Å². The van der Waals surface area contributed by atoms with Crippen molar-refractivity contribution in [3.63, 3.8) is 0 Å². The first-order chi connectivity index (χ1) is 16.2. The Labute approximate surface area is 204 Å². The van der Waals surface area contributed by atoms with Gasteiger partial charge in [0.25, 0.3) is 5.56 Å². The molecule has 8 heteroatoms. The third-order valence-corrected chi connectivity index (χ3v) is 7.69. The maximum atomic E-state index is 13.7. The quantitative estimate of drug-likeness (QED) is 0.162. The molecule has 0 saturated heterocycles. The number of benzene rings is 2. The van der Waals surface area contributed by atoms with Crippen LogP contribution in [0.3, 0.4) is 0 Å². The fraction of sp³-hybridized carbons (Fsp3) is 0.120. The Hall–Kier alpha value is -3.07. The zero-order chi connectivity index (χ0) is 22.6. The minimum absolute atomic E-state index is 0.0852. The van der Waals surface area contributed by atoms with Crippen LogP contribution in [-0.2, 0) is 18.7 Å².